The van der Waals surface area contributed by atoms with E-state index in [2.05, 4.69) is 10.3 Å². The first-order chi connectivity index (χ1) is 10.7. The second-order valence-electron chi connectivity index (χ2n) is 6.49. The van der Waals surface area contributed by atoms with Crippen molar-refractivity contribution < 1.29 is 19.1 Å². The molecule has 8 heteroatoms. The quantitative estimate of drug-likeness (QED) is 0.783. The van der Waals surface area contributed by atoms with Crippen LogP contribution in [0.15, 0.2) is 4.79 Å². The summed E-state index contributed by atoms with van der Waals surface area (Å²) >= 11 is 0. The molecule has 1 aromatic heterocycles. The van der Waals surface area contributed by atoms with E-state index in [1.54, 1.807) is 0 Å². The SMILES string of the molecule is CC(=O)NC12CCC(F)(CC1)Cn1c2nc(C(C)=O)c(O)c1=O. The van der Waals surface area contributed by atoms with Gasteiger partial charge in [-0.1, -0.05) is 0 Å². The number of hydrogen-bond acceptors (Lipinski definition) is 5. The first kappa shape index (κ1) is 15.6. The molecule has 1 fully saturated rings. The van der Waals surface area contributed by atoms with Gasteiger partial charge in [-0.25, -0.2) is 9.37 Å². The number of carbonyl (C=O) groups excluding carboxylic acids is 2. The van der Waals surface area contributed by atoms with Gasteiger partial charge in [-0.05, 0) is 25.7 Å². The predicted octanol–water partition coefficient (Wildman–Crippen LogP) is 0.779. The second kappa shape index (κ2) is 4.87. The van der Waals surface area contributed by atoms with Crippen LogP contribution in [0.3, 0.4) is 0 Å². The number of aromatic hydroxyl groups is 1. The van der Waals surface area contributed by atoms with Crippen molar-refractivity contribution in [2.45, 2.75) is 57.3 Å². The van der Waals surface area contributed by atoms with Gasteiger partial charge in [0.2, 0.25) is 11.7 Å². The van der Waals surface area contributed by atoms with Crippen LogP contribution in [0, 0.1) is 0 Å². The number of halogens is 1. The van der Waals surface area contributed by atoms with E-state index in [1.807, 2.05) is 0 Å². The molecule has 2 bridgehead atoms. The molecule has 1 aromatic rings. The zero-order valence-corrected chi connectivity index (χ0v) is 13.0. The van der Waals surface area contributed by atoms with Crippen LogP contribution in [0.2, 0.25) is 0 Å². The van der Waals surface area contributed by atoms with Crippen LogP contribution in [0.5, 0.6) is 5.75 Å². The van der Waals surface area contributed by atoms with Crippen LogP contribution >= 0.6 is 0 Å². The second-order valence-corrected chi connectivity index (χ2v) is 6.49. The summed E-state index contributed by atoms with van der Waals surface area (Å²) in [5.41, 5.74) is -3.76. The maximum Gasteiger partial charge on any atom is 0.296 e. The van der Waals surface area contributed by atoms with E-state index in [1.165, 1.54) is 13.8 Å². The van der Waals surface area contributed by atoms with Crippen molar-refractivity contribution in [3.8, 4) is 5.75 Å². The number of ketones is 1. The molecule has 23 heavy (non-hydrogen) atoms. The third kappa shape index (κ3) is 2.32. The van der Waals surface area contributed by atoms with Crippen LogP contribution in [0.1, 0.15) is 55.8 Å². The number of alkyl halides is 1. The Balaban J connectivity index is 2.31. The Morgan fingerprint density at radius 2 is 1.87 bits per heavy atom. The highest BCUT2D eigenvalue weighted by Gasteiger charge is 2.51. The molecule has 1 saturated carbocycles. The minimum atomic E-state index is -1.58. The molecule has 0 atom stereocenters. The van der Waals surface area contributed by atoms with E-state index < -0.39 is 28.3 Å². The van der Waals surface area contributed by atoms with Crippen LogP contribution in [0.25, 0.3) is 0 Å². The van der Waals surface area contributed by atoms with Gasteiger partial charge in [0.25, 0.3) is 5.56 Å². The number of fused-ring (bicyclic) bond motifs is 2. The molecule has 3 heterocycles. The van der Waals surface area contributed by atoms with Crippen LogP contribution in [-0.2, 0) is 16.9 Å². The number of amides is 1. The molecule has 0 spiro atoms. The van der Waals surface area contributed by atoms with Gasteiger partial charge in [0, 0.05) is 13.8 Å². The Bertz CT molecular complexity index is 763. The van der Waals surface area contributed by atoms with E-state index in [9.17, 15) is 23.9 Å². The summed E-state index contributed by atoms with van der Waals surface area (Å²) < 4.78 is 16.0. The third-order valence-corrected chi connectivity index (χ3v) is 4.76. The average Bonchev–Trinajstić information content (AvgIpc) is 2.65. The Hall–Kier alpha value is -2.25. The molecular weight excluding hydrogens is 305 g/mol. The van der Waals surface area contributed by atoms with Crippen LogP contribution in [0.4, 0.5) is 4.39 Å². The van der Waals surface area contributed by atoms with Crippen molar-refractivity contribution in [3.05, 3.63) is 21.9 Å². The van der Waals surface area contributed by atoms with Crippen molar-refractivity contribution in [3.63, 3.8) is 0 Å². The summed E-state index contributed by atoms with van der Waals surface area (Å²) in [6, 6.07) is 0. The fourth-order valence-corrected chi connectivity index (χ4v) is 3.61. The Morgan fingerprint density at radius 3 is 2.39 bits per heavy atom. The molecule has 0 saturated heterocycles. The molecular formula is C15H18FN3O4. The minimum Gasteiger partial charge on any atom is -0.501 e. The molecule has 4 rings (SSSR count). The van der Waals surface area contributed by atoms with Gasteiger partial charge in [-0.3, -0.25) is 19.0 Å². The molecule has 0 aromatic carbocycles. The van der Waals surface area contributed by atoms with Crippen molar-refractivity contribution in [2.24, 2.45) is 0 Å². The van der Waals surface area contributed by atoms with Gasteiger partial charge in [0.05, 0.1) is 12.1 Å². The predicted molar refractivity (Wildman–Crippen MR) is 78.0 cm³/mol. The van der Waals surface area contributed by atoms with Gasteiger partial charge in [-0.2, -0.15) is 0 Å². The number of rotatable bonds is 2. The third-order valence-electron chi connectivity index (χ3n) is 4.76. The molecule has 124 valence electrons. The first-order valence-corrected chi connectivity index (χ1v) is 7.50. The maximum atomic E-state index is 14.9. The number of nitrogens with zero attached hydrogens (tertiary/aromatic N) is 2. The molecule has 0 unspecified atom stereocenters. The number of aromatic nitrogens is 2. The van der Waals surface area contributed by atoms with Gasteiger partial charge >= 0.3 is 0 Å². The molecule has 7 nitrogen and oxygen atoms in total. The summed E-state index contributed by atoms with van der Waals surface area (Å²) in [7, 11) is 0. The van der Waals surface area contributed by atoms with Gasteiger partial charge in [-0.15, -0.1) is 0 Å². The number of Topliss-reactive ketones (excluding diaryl/α,β-unsaturated/α-hetero) is 1. The zero-order valence-electron chi connectivity index (χ0n) is 13.0. The summed E-state index contributed by atoms with van der Waals surface area (Å²) in [5, 5.41) is 12.7. The van der Waals surface area contributed by atoms with Crippen molar-refractivity contribution in [2.75, 3.05) is 0 Å². The van der Waals surface area contributed by atoms with Crippen LogP contribution in [-0.4, -0.2) is 32.0 Å². The lowest BCUT2D eigenvalue weighted by atomic mass is 9.76. The lowest BCUT2D eigenvalue weighted by Crippen LogP contribution is -2.49. The van der Waals surface area contributed by atoms with E-state index in [0.29, 0.717) is 0 Å². The van der Waals surface area contributed by atoms with Gasteiger partial charge in [0.1, 0.15) is 11.5 Å². The Morgan fingerprint density at radius 1 is 1.26 bits per heavy atom. The molecule has 1 aliphatic carbocycles. The van der Waals surface area contributed by atoms with Gasteiger partial charge < -0.3 is 10.4 Å². The summed E-state index contributed by atoms with van der Waals surface area (Å²) in [4.78, 5) is 39.9. The van der Waals surface area contributed by atoms with E-state index in [0.717, 1.165) is 4.57 Å². The fourth-order valence-electron chi connectivity index (χ4n) is 3.61. The number of nitrogens with one attached hydrogen (secondary N) is 1. The zero-order chi connectivity index (χ0) is 17.0. The normalized spacial score (nSPS) is 28.8. The minimum absolute atomic E-state index is 0.151. The molecule has 1 amide bonds. The van der Waals surface area contributed by atoms with Crippen LogP contribution < -0.4 is 10.9 Å². The smallest absolute Gasteiger partial charge is 0.296 e. The summed E-state index contributed by atoms with van der Waals surface area (Å²) in [6.07, 6.45) is 0.924. The average molecular weight is 323 g/mol. The number of carbonyl (C=O) groups is 2. The highest BCUT2D eigenvalue weighted by Crippen LogP contribution is 2.46. The Labute approximate surface area is 131 Å². The fraction of sp³-hybridized carbons (Fsp3) is 0.600. The van der Waals surface area contributed by atoms with Crippen molar-refractivity contribution in [1.29, 1.82) is 0 Å². The van der Waals surface area contributed by atoms with Crippen molar-refractivity contribution in [1.82, 2.24) is 14.9 Å². The summed E-state index contributed by atoms with van der Waals surface area (Å²) in [5.74, 6) is -1.51. The first-order valence-electron chi connectivity index (χ1n) is 7.50. The highest BCUT2D eigenvalue weighted by atomic mass is 19.1. The summed E-state index contributed by atoms with van der Waals surface area (Å²) in [6.45, 7) is 2.29. The molecule has 2 N–H and O–H groups in total. The molecule has 0 radical (unpaired) electrons. The van der Waals surface area contributed by atoms with E-state index in [4.69, 9.17) is 0 Å². The maximum absolute atomic E-state index is 14.9. The number of hydrogen-bond donors (Lipinski definition) is 2. The van der Waals surface area contributed by atoms with E-state index in [-0.39, 0.29) is 49.7 Å². The van der Waals surface area contributed by atoms with Gasteiger partial charge in [0.15, 0.2) is 11.5 Å². The molecule has 2 aliphatic heterocycles. The monoisotopic (exact) mass is 323 g/mol. The lowest BCUT2D eigenvalue weighted by Gasteiger charge is -2.38. The highest BCUT2D eigenvalue weighted by molar-refractivity contribution is 5.94. The standard InChI is InChI=1S/C15H18FN3O4/c1-8(20)10-11(22)12(23)19-7-14(16)3-5-15(6-4-14,13(19)17-10)18-9(2)21/h22H,3-7H2,1-2H3,(H,18,21). The Kier molecular flexibility index (Phi) is 3.31. The van der Waals surface area contributed by atoms with E-state index >= 15 is 0 Å². The largest absolute Gasteiger partial charge is 0.501 e. The van der Waals surface area contributed by atoms with Crippen molar-refractivity contribution >= 4 is 11.7 Å². The molecule has 3 aliphatic rings. The topological polar surface area (TPSA) is 101 Å². The lowest BCUT2D eigenvalue weighted by molar-refractivity contribution is -0.122.